The molecule has 1 aliphatic carbocycles. The van der Waals surface area contributed by atoms with Gasteiger partial charge in [-0.15, -0.1) is 0 Å². The van der Waals surface area contributed by atoms with Crippen molar-refractivity contribution in [2.24, 2.45) is 0 Å². The van der Waals surface area contributed by atoms with E-state index in [4.69, 9.17) is 9.84 Å². The van der Waals surface area contributed by atoms with Gasteiger partial charge in [0.25, 0.3) is 0 Å². The minimum atomic E-state index is -2.66. The summed E-state index contributed by atoms with van der Waals surface area (Å²) in [6, 6.07) is 6.88. The summed E-state index contributed by atoms with van der Waals surface area (Å²) in [4.78, 5) is 23.1. The van der Waals surface area contributed by atoms with Crippen molar-refractivity contribution in [1.82, 2.24) is 20.2 Å². The van der Waals surface area contributed by atoms with Crippen LogP contribution in [0.5, 0.6) is 5.88 Å². The molecule has 174 valence electrons. The van der Waals surface area contributed by atoms with Gasteiger partial charge in [-0.05, 0) is 12.8 Å². The summed E-state index contributed by atoms with van der Waals surface area (Å²) in [5.41, 5.74) is 1.65. The molecule has 0 atom stereocenters. The van der Waals surface area contributed by atoms with Crippen molar-refractivity contribution < 1.29 is 23.4 Å². The number of ether oxygens (including phenoxy) is 1. The van der Waals surface area contributed by atoms with Crippen molar-refractivity contribution in [3.63, 3.8) is 0 Å². The predicted octanol–water partition coefficient (Wildman–Crippen LogP) is 3.54. The largest absolute Gasteiger partial charge is 0.474 e. The fourth-order valence-electron chi connectivity index (χ4n) is 4.30. The molecule has 2 N–H and O–H groups in total. The van der Waals surface area contributed by atoms with Crippen LogP contribution in [0.25, 0.3) is 11.3 Å². The van der Waals surface area contributed by atoms with E-state index < -0.39 is 11.5 Å². The highest BCUT2D eigenvalue weighted by molar-refractivity contribution is 5.98. The van der Waals surface area contributed by atoms with Crippen molar-refractivity contribution in [3.8, 4) is 17.1 Å². The van der Waals surface area contributed by atoms with Gasteiger partial charge in [-0.25, -0.2) is 18.7 Å². The molecular formula is C24H26F2N4O3. The Bertz CT molecular complexity index is 1060. The second-order valence-electron chi connectivity index (χ2n) is 8.33. The van der Waals surface area contributed by atoms with E-state index in [0.717, 1.165) is 0 Å². The predicted molar refractivity (Wildman–Crippen MR) is 119 cm³/mol. The third-order valence-electron chi connectivity index (χ3n) is 6.20. The van der Waals surface area contributed by atoms with E-state index in [9.17, 15) is 13.6 Å². The Hall–Kier alpha value is -3.33. The zero-order chi connectivity index (χ0) is 23.6. The molecular weight excluding hydrogens is 430 g/mol. The molecule has 2 aliphatic rings. The van der Waals surface area contributed by atoms with Gasteiger partial charge in [0.05, 0.1) is 24.5 Å². The lowest BCUT2D eigenvalue weighted by Crippen LogP contribution is -2.46. The average molecular weight is 456 g/mol. The molecule has 33 heavy (non-hydrogen) atoms. The minimum absolute atomic E-state index is 0.0121. The van der Waals surface area contributed by atoms with Crippen LogP contribution in [0.3, 0.4) is 0 Å². The van der Waals surface area contributed by atoms with Gasteiger partial charge in [-0.3, -0.25) is 4.79 Å². The Balaban J connectivity index is 1.46. The lowest BCUT2D eigenvalue weighted by molar-refractivity contribution is -0.0485. The van der Waals surface area contributed by atoms with E-state index in [1.54, 1.807) is 29.2 Å². The second kappa shape index (κ2) is 8.90. The number of nitrogens with one attached hydrogen (secondary N) is 1. The Morgan fingerprint density at radius 1 is 1.12 bits per heavy atom. The lowest BCUT2D eigenvalue weighted by atomic mass is 9.78. The number of ketones is 1. The SMILES string of the molecule is C=C1NC2(CCC(F)(F)CC2)C(=C)N1CC(=O)c1ccc(-c2nccnc2OCCO)cc1. The summed E-state index contributed by atoms with van der Waals surface area (Å²) < 4.78 is 32.7. The summed E-state index contributed by atoms with van der Waals surface area (Å²) in [5, 5.41) is 12.2. The van der Waals surface area contributed by atoms with Crippen LogP contribution < -0.4 is 10.1 Å². The van der Waals surface area contributed by atoms with Crippen molar-refractivity contribution in [3.05, 3.63) is 66.9 Å². The molecule has 2 heterocycles. The number of aromatic nitrogens is 2. The Morgan fingerprint density at radius 2 is 1.79 bits per heavy atom. The average Bonchev–Trinajstić information content (AvgIpc) is 3.04. The molecule has 4 rings (SSSR count). The number of hydrogen-bond donors (Lipinski definition) is 2. The van der Waals surface area contributed by atoms with E-state index in [2.05, 4.69) is 28.4 Å². The molecule has 9 heteroatoms. The third kappa shape index (κ3) is 4.59. The zero-order valence-electron chi connectivity index (χ0n) is 18.2. The Morgan fingerprint density at radius 3 is 2.45 bits per heavy atom. The maximum atomic E-state index is 13.7. The fraction of sp³-hybridized carbons (Fsp3) is 0.375. The number of rotatable bonds is 7. The molecule has 2 aromatic rings. The number of nitrogens with zero attached hydrogens (tertiary/aromatic N) is 3. The number of benzene rings is 1. The topological polar surface area (TPSA) is 87.6 Å². The highest BCUT2D eigenvalue weighted by Crippen LogP contribution is 2.46. The van der Waals surface area contributed by atoms with Crippen molar-refractivity contribution in [1.29, 1.82) is 0 Å². The van der Waals surface area contributed by atoms with Crippen LogP contribution >= 0.6 is 0 Å². The maximum absolute atomic E-state index is 13.7. The molecule has 1 aromatic carbocycles. The molecule has 0 bridgehead atoms. The van der Waals surface area contributed by atoms with Gasteiger partial charge in [-0.2, -0.15) is 0 Å². The molecule has 1 spiro atoms. The highest BCUT2D eigenvalue weighted by Gasteiger charge is 2.50. The van der Waals surface area contributed by atoms with Gasteiger partial charge in [-0.1, -0.05) is 37.4 Å². The summed E-state index contributed by atoms with van der Waals surface area (Å²) in [6.07, 6.45) is 3.09. The first-order valence-corrected chi connectivity index (χ1v) is 10.7. The van der Waals surface area contributed by atoms with Crippen molar-refractivity contribution in [2.75, 3.05) is 19.8 Å². The van der Waals surface area contributed by atoms with E-state index >= 15 is 0 Å². The van der Waals surface area contributed by atoms with Crippen LogP contribution in [0.15, 0.2) is 61.3 Å². The van der Waals surface area contributed by atoms with Gasteiger partial charge in [0.2, 0.25) is 11.8 Å². The van der Waals surface area contributed by atoms with E-state index in [1.165, 1.54) is 12.4 Å². The van der Waals surface area contributed by atoms with Gasteiger partial charge < -0.3 is 20.1 Å². The van der Waals surface area contributed by atoms with Crippen LogP contribution in [0.1, 0.15) is 36.0 Å². The first kappa shape index (κ1) is 22.8. The van der Waals surface area contributed by atoms with E-state index in [-0.39, 0.29) is 51.2 Å². The Kier molecular flexibility index (Phi) is 6.16. The molecule has 1 saturated heterocycles. The zero-order valence-corrected chi connectivity index (χ0v) is 18.2. The standard InChI is InChI=1S/C24H26F2N4O3/c1-16-23(7-9-24(25,26)10-8-23)29-17(2)30(16)15-20(32)18-3-5-19(6-4-18)21-22(33-14-13-31)28-12-11-27-21/h3-6,11-12,29,31H,1-2,7-10,13-15H2. The normalized spacial score (nSPS) is 18.9. The van der Waals surface area contributed by atoms with E-state index in [1.807, 2.05) is 0 Å². The summed E-state index contributed by atoms with van der Waals surface area (Å²) >= 11 is 0. The van der Waals surface area contributed by atoms with Crippen molar-refractivity contribution in [2.45, 2.75) is 37.1 Å². The quantitative estimate of drug-likeness (QED) is 0.617. The summed E-state index contributed by atoms with van der Waals surface area (Å²) in [5.74, 6) is -2.02. The van der Waals surface area contributed by atoms with Crippen LogP contribution in [0.4, 0.5) is 8.78 Å². The minimum Gasteiger partial charge on any atom is -0.474 e. The number of carbonyl (C=O) groups excluding carboxylic acids is 1. The molecule has 1 aliphatic heterocycles. The second-order valence-corrected chi connectivity index (χ2v) is 8.33. The van der Waals surface area contributed by atoms with Crippen LogP contribution in [-0.2, 0) is 0 Å². The smallest absolute Gasteiger partial charge is 0.248 e. The first-order chi connectivity index (χ1) is 15.7. The molecule has 1 saturated carbocycles. The molecule has 7 nitrogen and oxygen atoms in total. The molecule has 0 unspecified atom stereocenters. The number of carbonyl (C=O) groups is 1. The molecule has 0 amide bonds. The van der Waals surface area contributed by atoms with Gasteiger partial charge in [0.1, 0.15) is 12.3 Å². The van der Waals surface area contributed by atoms with Crippen LogP contribution in [0.2, 0.25) is 0 Å². The summed E-state index contributed by atoms with van der Waals surface area (Å²) in [6.45, 7) is 8.04. The van der Waals surface area contributed by atoms with Gasteiger partial charge >= 0.3 is 0 Å². The van der Waals surface area contributed by atoms with Crippen molar-refractivity contribution >= 4 is 5.78 Å². The van der Waals surface area contributed by atoms with Crippen LogP contribution in [-0.4, -0.2) is 57.0 Å². The number of aliphatic hydroxyl groups excluding tert-OH is 1. The van der Waals surface area contributed by atoms with Gasteiger partial charge in [0, 0.05) is 42.1 Å². The number of aliphatic hydroxyl groups is 1. The molecule has 0 radical (unpaired) electrons. The monoisotopic (exact) mass is 456 g/mol. The highest BCUT2D eigenvalue weighted by atomic mass is 19.3. The fourth-order valence-corrected chi connectivity index (χ4v) is 4.30. The molecule has 2 fully saturated rings. The number of halogens is 2. The van der Waals surface area contributed by atoms with E-state index in [0.29, 0.717) is 34.2 Å². The maximum Gasteiger partial charge on any atom is 0.248 e. The third-order valence-corrected chi connectivity index (χ3v) is 6.20. The first-order valence-electron chi connectivity index (χ1n) is 10.7. The van der Waals surface area contributed by atoms with Gasteiger partial charge in [0.15, 0.2) is 5.78 Å². The number of alkyl halides is 2. The summed E-state index contributed by atoms with van der Waals surface area (Å²) in [7, 11) is 0. The number of hydrogen-bond acceptors (Lipinski definition) is 7. The lowest BCUT2D eigenvalue weighted by Gasteiger charge is -2.37. The molecule has 1 aromatic heterocycles. The Labute approximate surface area is 190 Å². The van der Waals surface area contributed by atoms with Crippen LogP contribution in [0, 0.1) is 0 Å². The number of Topliss-reactive ketones (excluding diaryl/α,β-unsaturated/α-hetero) is 1.